The fourth-order valence-corrected chi connectivity index (χ4v) is 3.39. The largest absolute Gasteiger partial charge is 0.573 e. The molecule has 0 saturated heterocycles. The highest BCUT2D eigenvalue weighted by molar-refractivity contribution is 5.47. The summed E-state index contributed by atoms with van der Waals surface area (Å²) in [4.78, 5) is 2.33. The van der Waals surface area contributed by atoms with Gasteiger partial charge in [-0.15, -0.1) is 13.2 Å². The number of benzene rings is 1. The fourth-order valence-electron chi connectivity index (χ4n) is 3.39. The molecule has 1 fully saturated rings. The van der Waals surface area contributed by atoms with Gasteiger partial charge in [0.1, 0.15) is 5.75 Å². The van der Waals surface area contributed by atoms with Gasteiger partial charge in [0.15, 0.2) is 5.82 Å². The van der Waals surface area contributed by atoms with Gasteiger partial charge in [-0.05, 0) is 55.9 Å². The third-order valence-electron chi connectivity index (χ3n) is 5.44. The summed E-state index contributed by atoms with van der Waals surface area (Å²) in [5.41, 5.74) is 1.89. The molecular weight excluding hydrogens is 379 g/mol. The van der Waals surface area contributed by atoms with Gasteiger partial charge in [0.05, 0.1) is 5.69 Å². The molecule has 1 aromatic carbocycles. The fraction of sp³-hybridized carbons (Fsp3) is 0.591. The molecule has 1 aromatic heterocycles. The van der Waals surface area contributed by atoms with Crippen molar-refractivity contribution in [1.29, 1.82) is 0 Å². The molecule has 0 N–H and O–H groups in total. The van der Waals surface area contributed by atoms with Crippen molar-refractivity contribution >= 4 is 5.82 Å². The molecule has 7 heteroatoms. The monoisotopic (exact) mass is 409 g/mol. The number of anilines is 1. The zero-order chi connectivity index (χ0) is 21.0. The topological polar surface area (TPSA) is 30.3 Å². The lowest BCUT2D eigenvalue weighted by Gasteiger charge is -2.23. The molecule has 0 aliphatic heterocycles. The molecule has 1 aliphatic rings. The highest BCUT2D eigenvalue weighted by Crippen LogP contribution is 2.42. The summed E-state index contributed by atoms with van der Waals surface area (Å²) in [6.45, 7) is 8.54. The Labute approximate surface area is 170 Å². The first-order chi connectivity index (χ1) is 13.8. The number of halogens is 3. The van der Waals surface area contributed by atoms with E-state index in [1.54, 1.807) is 12.1 Å². The van der Waals surface area contributed by atoms with Crippen LogP contribution in [0.4, 0.5) is 19.0 Å². The second-order valence-corrected chi connectivity index (χ2v) is 7.94. The lowest BCUT2D eigenvalue weighted by atomic mass is 10.1. The summed E-state index contributed by atoms with van der Waals surface area (Å²) in [6, 6.07) is 8.10. The Kier molecular flexibility index (Phi) is 6.75. The average Bonchev–Trinajstić information content (AvgIpc) is 3.43. The van der Waals surface area contributed by atoms with Gasteiger partial charge in [-0.2, -0.15) is 5.10 Å². The van der Waals surface area contributed by atoms with Crippen molar-refractivity contribution in [3.05, 3.63) is 36.0 Å². The lowest BCUT2D eigenvalue weighted by Crippen LogP contribution is -2.27. The highest BCUT2D eigenvalue weighted by atomic mass is 19.4. The van der Waals surface area contributed by atoms with E-state index in [1.165, 1.54) is 12.1 Å². The number of hydrogen-bond donors (Lipinski definition) is 0. The molecule has 2 aromatic rings. The van der Waals surface area contributed by atoms with Gasteiger partial charge in [0.25, 0.3) is 0 Å². The third-order valence-corrected chi connectivity index (χ3v) is 5.44. The van der Waals surface area contributed by atoms with Crippen LogP contribution in [-0.4, -0.2) is 29.2 Å². The quantitative estimate of drug-likeness (QED) is 0.461. The molecule has 0 amide bonds. The van der Waals surface area contributed by atoms with Crippen LogP contribution in [0.1, 0.15) is 64.5 Å². The van der Waals surface area contributed by atoms with Crippen LogP contribution in [0.25, 0.3) is 5.69 Å². The van der Waals surface area contributed by atoms with Gasteiger partial charge in [-0.1, -0.05) is 27.2 Å². The maximum Gasteiger partial charge on any atom is 0.573 e. The molecule has 0 radical (unpaired) electrons. The SMILES string of the molecule is CCCN(CCC(C)CC)c1cc(C2CC2)n(-c2ccc(OC(F)(F)F)cc2)n1. The van der Waals surface area contributed by atoms with Crippen LogP contribution in [0, 0.1) is 5.92 Å². The van der Waals surface area contributed by atoms with Crippen LogP contribution in [0.3, 0.4) is 0 Å². The molecule has 1 unspecified atom stereocenters. The zero-order valence-corrected chi connectivity index (χ0v) is 17.4. The molecule has 3 rings (SSSR count). The van der Waals surface area contributed by atoms with Crippen LogP contribution >= 0.6 is 0 Å². The van der Waals surface area contributed by atoms with E-state index in [1.807, 2.05) is 4.68 Å². The van der Waals surface area contributed by atoms with Crippen LogP contribution in [0.5, 0.6) is 5.75 Å². The predicted octanol–water partition coefficient (Wildman–Crippen LogP) is 6.30. The summed E-state index contributed by atoms with van der Waals surface area (Å²) >= 11 is 0. The van der Waals surface area contributed by atoms with Crippen molar-refractivity contribution in [2.24, 2.45) is 5.92 Å². The standard InChI is InChI=1S/C22H30F3N3O/c1-4-13-27(14-12-16(3)5-2)21-15-20(17-6-7-17)28(26-21)18-8-10-19(11-9-18)29-22(23,24)25/h8-11,15-17H,4-7,12-14H2,1-3H3. The Bertz CT molecular complexity index is 782. The third kappa shape index (κ3) is 5.90. The van der Waals surface area contributed by atoms with E-state index in [0.29, 0.717) is 11.8 Å². The molecule has 160 valence electrons. The van der Waals surface area contributed by atoms with Crippen LogP contribution < -0.4 is 9.64 Å². The number of hydrogen-bond acceptors (Lipinski definition) is 3. The van der Waals surface area contributed by atoms with Crippen LogP contribution in [0.15, 0.2) is 30.3 Å². The minimum absolute atomic E-state index is 0.220. The van der Waals surface area contributed by atoms with Gasteiger partial charge in [0.2, 0.25) is 0 Å². The molecule has 29 heavy (non-hydrogen) atoms. The molecule has 0 bridgehead atoms. The molecule has 1 atom stereocenters. The van der Waals surface area contributed by atoms with Gasteiger partial charge >= 0.3 is 6.36 Å². The molecule has 1 heterocycles. The average molecular weight is 409 g/mol. The Morgan fingerprint density at radius 3 is 2.41 bits per heavy atom. The normalized spacial score (nSPS) is 15.4. The smallest absolute Gasteiger partial charge is 0.406 e. The van der Waals surface area contributed by atoms with E-state index in [0.717, 1.165) is 62.4 Å². The maximum atomic E-state index is 12.4. The number of alkyl halides is 3. The van der Waals surface area contributed by atoms with Crippen LogP contribution in [0.2, 0.25) is 0 Å². The van der Waals surface area contributed by atoms with Crippen molar-refractivity contribution in [2.75, 3.05) is 18.0 Å². The number of nitrogens with zero attached hydrogens (tertiary/aromatic N) is 3. The van der Waals surface area contributed by atoms with E-state index in [2.05, 4.69) is 36.5 Å². The van der Waals surface area contributed by atoms with E-state index < -0.39 is 6.36 Å². The van der Waals surface area contributed by atoms with Crippen molar-refractivity contribution in [3.63, 3.8) is 0 Å². The molecule has 1 aliphatic carbocycles. The van der Waals surface area contributed by atoms with Crippen molar-refractivity contribution in [1.82, 2.24) is 9.78 Å². The summed E-state index contributed by atoms with van der Waals surface area (Å²) in [5.74, 6) is 1.87. The summed E-state index contributed by atoms with van der Waals surface area (Å²) in [5, 5.41) is 4.85. The van der Waals surface area contributed by atoms with E-state index >= 15 is 0 Å². The second-order valence-electron chi connectivity index (χ2n) is 7.94. The highest BCUT2D eigenvalue weighted by Gasteiger charge is 2.32. The molecule has 0 spiro atoms. The first-order valence-corrected chi connectivity index (χ1v) is 10.5. The first kappa shape index (κ1) is 21.5. The van der Waals surface area contributed by atoms with E-state index in [9.17, 15) is 13.2 Å². The van der Waals surface area contributed by atoms with Gasteiger partial charge in [-0.3, -0.25) is 0 Å². The van der Waals surface area contributed by atoms with Gasteiger partial charge in [-0.25, -0.2) is 4.68 Å². The molecule has 4 nitrogen and oxygen atoms in total. The minimum atomic E-state index is -4.68. The summed E-state index contributed by atoms with van der Waals surface area (Å²) < 4.78 is 43.1. The number of ether oxygens (including phenoxy) is 1. The minimum Gasteiger partial charge on any atom is -0.406 e. The Hall–Kier alpha value is -2.18. The Morgan fingerprint density at radius 2 is 1.86 bits per heavy atom. The zero-order valence-electron chi connectivity index (χ0n) is 17.4. The number of rotatable bonds is 10. The van der Waals surface area contributed by atoms with Crippen molar-refractivity contribution < 1.29 is 17.9 Å². The van der Waals surface area contributed by atoms with Gasteiger partial charge < -0.3 is 9.64 Å². The first-order valence-electron chi connectivity index (χ1n) is 10.5. The van der Waals surface area contributed by atoms with Crippen molar-refractivity contribution in [2.45, 2.75) is 65.2 Å². The second kappa shape index (κ2) is 9.09. The summed E-state index contributed by atoms with van der Waals surface area (Å²) in [7, 11) is 0. The maximum absolute atomic E-state index is 12.4. The lowest BCUT2D eigenvalue weighted by molar-refractivity contribution is -0.274. The van der Waals surface area contributed by atoms with Gasteiger partial charge in [0, 0.05) is 30.8 Å². The number of aromatic nitrogens is 2. The predicted molar refractivity (Wildman–Crippen MR) is 109 cm³/mol. The van der Waals surface area contributed by atoms with Crippen molar-refractivity contribution in [3.8, 4) is 11.4 Å². The Morgan fingerprint density at radius 1 is 1.17 bits per heavy atom. The van der Waals surface area contributed by atoms with E-state index in [4.69, 9.17) is 5.10 Å². The molecule has 1 saturated carbocycles. The Balaban J connectivity index is 1.84. The van der Waals surface area contributed by atoms with Crippen LogP contribution in [-0.2, 0) is 0 Å². The summed E-state index contributed by atoms with van der Waals surface area (Å²) in [6.07, 6.45) is 0.882. The van der Waals surface area contributed by atoms with E-state index in [-0.39, 0.29) is 5.75 Å². The molecular formula is C22H30F3N3O.